The van der Waals surface area contributed by atoms with E-state index in [1.54, 1.807) is 35.2 Å². The van der Waals surface area contributed by atoms with Gasteiger partial charge < -0.3 is 15.2 Å². The summed E-state index contributed by atoms with van der Waals surface area (Å²) in [5.74, 6) is -0.323. The van der Waals surface area contributed by atoms with Gasteiger partial charge in [0.1, 0.15) is 18.4 Å². The van der Waals surface area contributed by atoms with E-state index in [1.807, 2.05) is 19.9 Å². The van der Waals surface area contributed by atoms with Crippen molar-refractivity contribution in [1.29, 1.82) is 0 Å². The lowest BCUT2D eigenvalue weighted by molar-refractivity contribution is -0.0698. The molecule has 2 unspecified atom stereocenters. The highest BCUT2D eigenvalue weighted by Gasteiger charge is 2.19. The van der Waals surface area contributed by atoms with Crippen LogP contribution in [0.3, 0.4) is 0 Å². The van der Waals surface area contributed by atoms with Gasteiger partial charge in [-0.15, -0.1) is 0 Å². The Morgan fingerprint density at radius 3 is 2.74 bits per heavy atom. The second-order valence-electron chi connectivity index (χ2n) is 5.93. The van der Waals surface area contributed by atoms with E-state index in [4.69, 9.17) is 26.8 Å². The molecule has 0 aliphatic carbocycles. The second kappa shape index (κ2) is 8.32. The quantitative estimate of drug-likeness (QED) is 0.488. The Morgan fingerprint density at radius 2 is 2.04 bits per heavy atom. The van der Waals surface area contributed by atoms with Crippen LogP contribution in [-0.4, -0.2) is 38.2 Å². The first kappa shape index (κ1) is 19.1. The molecular weight excluding hydrogens is 370 g/mol. The van der Waals surface area contributed by atoms with E-state index in [2.05, 4.69) is 15.0 Å². The van der Waals surface area contributed by atoms with Crippen LogP contribution < -0.4 is 5.73 Å². The molecule has 0 spiro atoms. The molecule has 2 aromatic heterocycles. The van der Waals surface area contributed by atoms with Crippen molar-refractivity contribution in [2.75, 3.05) is 12.3 Å². The smallest absolute Gasteiger partial charge is 0.338 e. The number of carbonyl (C=O) groups is 1. The number of nitrogens with two attached hydrogens (primary N) is 1. The molecule has 0 fully saturated rings. The van der Waals surface area contributed by atoms with Crippen molar-refractivity contribution in [3.05, 3.63) is 47.4 Å². The van der Waals surface area contributed by atoms with Crippen LogP contribution >= 0.6 is 11.6 Å². The van der Waals surface area contributed by atoms with Gasteiger partial charge in [-0.3, -0.25) is 4.57 Å². The minimum Gasteiger partial charge on any atom is -0.459 e. The predicted octanol–water partition coefficient (Wildman–Crippen LogP) is 3.23. The highest BCUT2D eigenvalue weighted by molar-refractivity contribution is 6.33. The fourth-order valence-electron chi connectivity index (χ4n) is 2.59. The van der Waals surface area contributed by atoms with E-state index in [-0.39, 0.29) is 29.8 Å². The Balaban J connectivity index is 1.67. The van der Waals surface area contributed by atoms with Crippen LogP contribution in [0, 0.1) is 0 Å². The molecule has 8 nitrogen and oxygen atoms in total. The van der Waals surface area contributed by atoms with Crippen molar-refractivity contribution in [2.45, 2.75) is 32.6 Å². The van der Waals surface area contributed by atoms with E-state index < -0.39 is 6.23 Å². The molecule has 142 valence electrons. The lowest BCUT2D eigenvalue weighted by Gasteiger charge is -2.22. The van der Waals surface area contributed by atoms with E-state index in [9.17, 15) is 4.79 Å². The molecule has 3 rings (SSSR count). The van der Waals surface area contributed by atoms with Gasteiger partial charge in [-0.05, 0) is 25.5 Å². The van der Waals surface area contributed by atoms with Gasteiger partial charge in [-0.1, -0.05) is 36.7 Å². The third-order valence-corrected chi connectivity index (χ3v) is 4.31. The summed E-state index contributed by atoms with van der Waals surface area (Å²) < 4.78 is 13.1. The van der Waals surface area contributed by atoms with Gasteiger partial charge in [0, 0.05) is 0 Å². The van der Waals surface area contributed by atoms with Gasteiger partial charge in [0.2, 0.25) is 5.95 Å². The van der Waals surface area contributed by atoms with E-state index >= 15 is 0 Å². The summed E-state index contributed by atoms with van der Waals surface area (Å²) in [6.45, 7) is 3.94. The number of rotatable bonds is 7. The largest absolute Gasteiger partial charge is 0.459 e. The van der Waals surface area contributed by atoms with Crippen molar-refractivity contribution in [1.82, 2.24) is 19.5 Å². The van der Waals surface area contributed by atoms with Crippen molar-refractivity contribution >= 4 is 34.7 Å². The van der Waals surface area contributed by atoms with Crippen LogP contribution in [0.25, 0.3) is 11.2 Å². The number of benzene rings is 1. The van der Waals surface area contributed by atoms with Crippen molar-refractivity contribution in [3.63, 3.8) is 0 Å². The molecular formula is C18H20ClN5O3. The van der Waals surface area contributed by atoms with Crippen LogP contribution in [0.2, 0.25) is 5.15 Å². The number of nitrogens with zero attached hydrogens (tertiary/aromatic N) is 4. The van der Waals surface area contributed by atoms with Crippen LogP contribution in [-0.2, 0) is 9.47 Å². The summed E-state index contributed by atoms with van der Waals surface area (Å²) in [7, 11) is 0. The van der Waals surface area contributed by atoms with Gasteiger partial charge in [-0.25, -0.2) is 9.78 Å². The molecule has 0 bridgehead atoms. The maximum Gasteiger partial charge on any atom is 0.338 e. The minimum atomic E-state index is -0.416. The number of ether oxygens (including phenoxy) is 2. The van der Waals surface area contributed by atoms with Crippen molar-refractivity contribution in [3.8, 4) is 0 Å². The molecule has 2 N–H and O–H groups in total. The monoisotopic (exact) mass is 389 g/mol. The minimum absolute atomic E-state index is 0.0604. The maximum atomic E-state index is 12.1. The Hall–Kier alpha value is -2.71. The first-order chi connectivity index (χ1) is 13.0. The number of imidazole rings is 1. The predicted molar refractivity (Wildman–Crippen MR) is 101 cm³/mol. The molecule has 27 heavy (non-hydrogen) atoms. The SMILES string of the molecule is CCC(COC(=O)c1ccccc1)OC(C)n1cnc2c(Cl)nc(N)nc21. The van der Waals surface area contributed by atoms with Gasteiger partial charge in [0.25, 0.3) is 0 Å². The fourth-order valence-corrected chi connectivity index (χ4v) is 2.81. The van der Waals surface area contributed by atoms with Crippen molar-refractivity contribution < 1.29 is 14.3 Å². The first-order valence-electron chi connectivity index (χ1n) is 8.52. The van der Waals surface area contributed by atoms with Crippen molar-refractivity contribution in [2.24, 2.45) is 0 Å². The van der Waals surface area contributed by atoms with Crippen LogP contribution in [0.15, 0.2) is 36.7 Å². The molecule has 0 aliphatic heterocycles. The standard InChI is InChI=1S/C18H20ClN5O3/c1-3-13(9-26-17(25)12-7-5-4-6-8-12)27-11(2)24-10-21-14-15(19)22-18(20)23-16(14)24/h4-8,10-11,13H,3,9H2,1-2H3,(H2,20,22,23). The summed E-state index contributed by atoms with van der Waals surface area (Å²) in [6, 6.07) is 8.83. The zero-order chi connectivity index (χ0) is 19.4. The van der Waals surface area contributed by atoms with Gasteiger partial charge in [-0.2, -0.15) is 9.97 Å². The number of nitrogen functional groups attached to an aromatic ring is 1. The zero-order valence-corrected chi connectivity index (χ0v) is 15.8. The number of carbonyl (C=O) groups excluding carboxylic acids is 1. The Bertz CT molecular complexity index is 931. The third-order valence-electron chi connectivity index (χ3n) is 4.04. The number of fused-ring (bicyclic) bond motifs is 1. The highest BCUT2D eigenvalue weighted by Crippen LogP contribution is 2.24. The highest BCUT2D eigenvalue weighted by atomic mass is 35.5. The van der Waals surface area contributed by atoms with Crippen LogP contribution in [0.5, 0.6) is 0 Å². The summed E-state index contributed by atoms with van der Waals surface area (Å²) in [5, 5.41) is 0.187. The zero-order valence-electron chi connectivity index (χ0n) is 15.0. The lowest BCUT2D eigenvalue weighted by Crippen LogP contribution is -2.25. The summed E-state index contributed by atoms with van der Waals surface area (Å²) in [4.78, 5) is 24.4. The number of hydrogen-bond donors (Lipinski definition) is 1. The molecule has 3 aromatic rings. The topological polar surface area (TPSA) is 105 Å². The molecule has 2 atom stereocenters. The average molecular weight is 390 g/mol. The number of halogens is 1. The van der Waals surface area contributed by atoms with E-state index in [0.29, 0.717) is 23.1 Å². The molecule has 0 saturated carbocycles. The number of esters is 1. The molecule has 2 heterocycles. The molecule has 0 aliphatic rings. The molecule has 0 saturated heterocycles. The Kier molecular flexibility index (Phi) is 5.88. The van der Waals surface area contributed by atoms with E-state index in [1.165, 1.54) is 0 Å². The Morgan fingerprint density at radius 1 is 1.30 bits per heavy atom. The van der Waals surface area contributed by atoms with Gasteiger partial charge >= 0.3 is 5.97 Å². The number of anilines is 1. The second-order valence-corrected chi connectivity index (χ2v) is 6.28. The lowest BCUT2D eigenvalue weighted by atomic mass is 10.2. The molecule has 0 radical (unpaired) electrons. The van der Waals surface area contributed by atoms with Gasteiger partial charge in [0.05, 0.1) is 18.0 Å². The summed E-state index contributed by atoms with van der Waals surface area (Å²) in [6.07, 6.45) is 1.52. The average Bonchev–Trinajstić information content (AvgIpc) is 3.09. The normalized spacial score (nSPS) is 13.4. The Labute approximate surface area is 161 Å². The number of aromatic nitrogens is 4. The maximum absolute atomic E-state index is 12.1. The molecule has 0 amide bonds. The summed E-state index contributed by atoms with van der Waals surface area (Å²) >= 11 is 6.05. The van der Waals surface area contributed by atoms with Gasteiger partial charge in [0.15, 0.2) is 10.8 Å². The van der Waals surface area contributed by atoms with Crippen LogP contribution in [0.1, 0.15) is 36.9 Å². The first-order valence-corrected chi connectivity index (χ1v) is 8.90. The number of hydrogen-bond acceptors (Lipinski definition) is 7. The fraction of sp³-hybridized carbons (Fsp3) is 0.333. The summed E-state index contributed by atoms with van der Waals surface area (Å²) in [5.41, 5.74) is 7.10. The molecule has 9 heteroatoms. The van der Waals surface area contributed by atoms with E-state index in [0.717, 1.165) is 0 Å². The van der Waals surface area contributed by atoms with Crippen LogP contribution in [0.4, 0.5) is 5.95 Å². The third kappa shape index (κ3) is 4.35. The molecule has 1 aromatic carbocycles.